The van der Waals surface area contributed by atoms with E-state index in [1.165, 1.54) is 0 Å². The van der Waals surface area contributed by atoms with Crippen molar-refractivity contribution < 1.29 is 19.0 Å². The molecular weight excluding hydrogens is 360 g/mol. The summed E-state index contributed by atoms with van der Waals surface area (Å²) >= 11 is 0. The van der Waals surface area contributed by atoms with Crippen LogP contribution in [-0.2, 0) is 4.79 Å². The first-order chi connectivity index (χ1) is 13.7. The molecule has 0 unspecified atom stereocenters. The lowest BCUT2D eigenvalue weighted by Gasteiger charge is -2.35. The van der Waals surface area contributed by atoms with Crippen LogP contribution in [0.5, 0.6) is 17.2 Å². The lowest BCUT2D eigenvalue weighted by atomic mass is 10.2. The third kappa shape index (κ3) is 4.39. The van der Waals surface area contributed by atoms with E-state index in [0.29, 0.717) is 30.3 Å². The fourth-order valence-corrected chi connectivity index (χ4v) is 3.20. The smallest absolute Gasteiger partial charge is 0.241 e. The van der Waals surface area contributed by atoms with Gasteiger partial charge in [-0.05, 0) is 12.1 Å². The maximum absolute atomic E-state index is 12.6. The van der Waals surface area contributed by atoms with Gasteiger partial charge in [0.15, 0.2) is 11.5 Å². The van der Waals surface area contributed by atoms with Crippen molar-refractivity contribution >= 4 is 17.4 Å². The highest BCUT2D eigenvalue weighted by molar-refractivity contribution is 5.81. The predicted molar refractivity (Wildman–Crippen MR) is 108 cm³/mol. The Morgan fingerprint density at radius 2 is 1.71 bits per heavy atom. The van der Waals surface area contributed by atoms with Gasteiger partial charge in [-0.1, -0.05) is 6.07 Å². The van der Waals surface area contributed by atoms with E-state index in [1.54, 1.807) is 39.7 Å². The molecule has 1 aromatic heterocycles. The second-order valence-electron chi connectivity index (χ2n) is 6.32. The van der Waals surface area contributed by atoms with E-state index in [9.17, 15) is 4.79 Å². The van der Waals surface area contributed by atoms with E-state index >= 15 is 0 Å². The molecule has 150 valence electrons. The molecule has 1 fully saturated rings. The van der Waals surface area contributed by atoms with Gasteiger partial charge in [0.1, 0.15) is 5.82 Å². The van der Waals surface area contributed by atoms with Gasteiger partial charge >= 0.3 is 0 Å². The number of carbonyl (C=O) groups is 1. The van der Waals surface area contributed by atoms with E-state index in [1.807, 2.05) is 23.1 Å². The third-order valence-corrected chi connectivity index (χ3v) is 4.71. The summed E-state index contributed by atoms with van der Waals surface area (Å²) in [6.07, 6.45) is 1.79. The van der Waals surface area contributed by atoms with Crippen LogP contribution < -0.4 is 24.4 Å². The Labute approximate surface area is 165 Å². The number of piperazine rings is 1. The topological polar surface area (TPSA) is 76.2 Å². The SMILES string of the molecule is COc1cc(NCC(=O)N2CCN(c3ccccn3)CC2)cc(OC)c1OC. The zero-order chi connectivity index (χ0) is 19.9. The van der Waals surface area contributed by atoms with Gasteiger partial charge in [0, 0.05) is 50.2 Å². The van der Waals surface area contributed by atoms with Crippen LogP contribution in [0.3, 0.4) is 0 Å². The number of carbonyl (C=O) groups excluding carboxylic acids is 1. The number of rotatable bonds is 7. The Morgan fingerprint density at radius 1 is 1.04 bits per heavy atom. The quantitative estimate of drug-likeness (QED) is 0.778. The molecule has 8 heteroatoms. The van der Waals surface area contributed by atoms with Crippen molar-refractivity contribution in [2.45, 2.75) is 0 Å². The number of nitrogens with zero attached hydrogens (tertiary/aromatic N) is 3. The van der Waals surface area contributed by atoms with Gasteiger partial charge in [-0.25, -0.2) is 4.98 Å². The highest BCUT2D eigenvalue weighted by atomic mass is 16.5. The molecule has 1 amide bonds. The molecule has 8 nitrogen and oxygen atoms in total. The number of methoxy groups -OCH3 is 3. The summed E-state index contributed by atoms with van der Waals surface area (Å²) in [6, 6.07) is 9.43. The van der Waals surface area contributed by atoms with Gasteiger partial charge in [-0.15, -0.1) is 0 Å². The summed E-state index contributed by atoms with van der Waals surface area (Å²) < 4.78 is 16.0. The fraction of sp³-hybridized carbons (Fsp3) is 0.400. The molecule has 3 rings (SSSR count). The summed E-state index contributed by atoms with van der Waals surface area (Å²) in [4.78, 5) is 21.0. The number of hydrogen-bond acceptors (Lipinski definition) is 7. The Balaban J connectivity index is 1.56. The molecule has 1 aromatic carbocycles. The van der Waals surface area contributed by atoms with E-state index in [4.69, 9.17) is 14.2 Å². The molecule has 1 saturated heterocycles. The monoisotopic (exact) mass is 386 g/mol. The molecule has 1 aliphatic rings. The summed E-state index contributed by atoms with van der Waals surface area (Å²) in [5.74, 6) is 2.61. The van der Waals surface area contributed by atoms with Crippen molar-refractivity contribution in [3.05, 3.63) is 36.5 Å². The highest BCUT2D eigenvalue weighted by Gasteiger charge is 2.22. The number of hydrogen-bond donors (Lipinski definition) is 1. The second-order valence-corrected chi connectivity index (χ2v) is 6.32. The maximum Gasteiger partial charge on any atom is 0.241 e. The minimum Gasteiger partial charge on any atom is -0.493 e. The number of aromatic nitrogens is 1. The van der Waals surface area contributed by atoms with Gasteiger partial charge in [-0.2, -0.15) is 0 Å². The maximum atomic E-state index is 12.6. The number of anilines is 2. The van der Waals surface area contributed by atoms with Crippen LogP contribution >= 0.6 is 0 Å². The van der Waals surface area contributed by atoms with Crippen LogP contribution in [-0.4, -0.2) is 69.8 Å². The number of benzene rings is 1. The molecule has 2 aromatic rings. The highest BCUT2D eigenvalue weighted by Crippen LogP contribution is 2.39. The Hall–Kier alpha value is -3.16. The van der Waals surface area contributed by atoms with Crippen LogP contribution in [0.1, 0.15) is 0 Å². The van der Waals surface area contributed by atoms with Gasteiger partial charge in [0.25, 0.3) is 0 Å². The Bertz CT molecular complexity index is 767. The molecule has 0 aliphatic carbocycles. The van der Waals surface area contributed by atoms with E-state index in [0.717, 1.165) is 24.6 Å². The standard InChI is InChI=1S/C20H26N4O4/c1-26-16-12-15(13-17(27-2)20(16)28-3)22-14-19(25)24-10-8-23(9-11-24)18-6-4-5-7-21-18/h4-7,12-13,22H,8-11,14H2,1-3H3. The van der Waals surface area contributed by atoms with E-state index < -0.39 is 0 Å². The number of pyridine rings is 1. The van der Waals surface area contributed by atoms with Crippen LogP contribution in [0.25, 0.3) is 0 Å². The van der Waals surface area contributed by atoms with Gasteiger partial charge in [0.05, 0.1) is 27.9 Å². The van der Waals surface area contributed by atoms with Crippen LogP contribution in [0.15, 0.2) is 36.5 Å². The first-order valence-electron chi connectivity index (χ1n) is 9.14. The third-order valence-electron chi connectivity index (χ3n) is 4.71. The molecule has 2 heterocycles. The lowest BCUT2D eigenvalue weighted by Crippen LogP contribution is -2.50. The normalized spacial score (nSPS) is 13.8. The van der Waals surface area contributed by atoms with Crippen molar-refractivity contribution in [3.8, 4) is 17.2 Å². The molecule has 0 atom stereocenters. The summed E-state index contributed by atoms with van der Waals surface area (Å²) in [6.45, 7) is 3.08. The van der Waals surface area contributed by atoms with E-state index in [-0.39, 0.29) is 12.5 Å². The molecular formula is C20H26N4O4. The van der Waals surface area contributed by atoms with E-state index in [2.05, 4.69) is 15.2 Å². The van der Waals surface area contributed by atoms with Crippen molar-refractivity contribution in [1.29, 1.82) is 0 Å². The van der Waals surface area contributed by atoms with Crippen molar-refractivity contribution in [1.82, 2.24) is 9.88 Å². The first-order valence-corrected chi connectivity index (χ1v) is 9.14. The van der Waals surface area contributed by atoms with Crippen molar-refractivity contribution in [2.75, 3.05) is 64.3 Å². The average Bonchev–Trinajstić information content (AvgIpc) is 2.77. The Kier molecular flexibility index (Phi) is 6.41. The molecule has 28 heavy (non-hydrogen) atoms. The number of amides is 1. The molecule has 0 bridgehead atoms. The molecule has 1 N–H and O–H groups in total. The van der Waals surface area contributed by atoms with Gasteiger partial charge in [-0.3, -0.25) is 4.79 Å². The van der Waals surface area contributed by atoms with Crippen LogP contribution in [0.2, 0.25) is 0 Å². The van der Waals surface area contributed by atoms with Crippen molar-refractivity contribution in [2.24, 2.45) is 0 Å². The largest absolute Gasteiger partial charge is 0.493 e. The fourth-order valence-electron chi connectivity index (χ4n) is 3.20. The number of ether oxygens (including phenoxy) is 3. The summed E-state index contributed by atoms with van der Waals surface area (Å²) in [5, 5.41) is 3.15. The molecule has 1 aliphatic heterocycles. The minimum absolute atomic E-state index is 0.0504. The first kappa shape index (κ1) is 19.6. The average molecular weight is 386 g/mol. The molecule has 0 saturated carbocycles. The molecule has 0 radical (unpaired) electrons. The van der Waals surface area contributed by atoms with Gasteiger partial charge < -0.3 is 29.3 Å². The van der Waals surface area contributed by atoms with Crippen LogP contribution in [0, 0.1) is 0 Å². The Morgan fingerprint density at radius 3 is 2.25 bits per heavy atom. The molecule has 0 spiro atoms. The predicted octanol–water partition coefficient (Wildman–Crippen LogP) is 1.87. The minimum atomic E-state index is 0.0504. The second kappa shape index (κ2) is 9.16. The summed E-state index contributed by atoms with van der Waals surface area (Å²) in [5.41, 5.74) is 0.731. The lowest BCUT2D eigenvalue weighted by molar-refractivity contribution is -0.129. The van der Waals surface area contributed by atoms with Crippen LogP contribution in [0.4, 0.5) is 11.5 Å². The van der Waals surface area contributed by atoms with Crippen molar-refractivity contribution in [3.63, 3.8) is 0 Å². The number of nitrogens with one attached hydrogen (secondary N) is 1. The summed E-state index contributed by atoms with van der Waals surface area (Å²) in [7, 11) is 4.68. The zero-order valence-electron chi connectivity index (χ0n) is 16.5. The zero-order valence-corrected chi connectivity index (χ0v) is 16.5. The van der Waals surface area contributed by atoms with Gasteiger partial charge in [0.2, 0.25) is 11.7 Å².